The van der Waals surface area contributed by atoms with Gasteiger partial charge in [-0.25, -0.2) is 9.78 Å². The van der Waals surface area contributed by atoms with Crippen molar-refractivity contribution in [3.63, 3.8) is 0 Å². The molecule has 0 aromatic carbocycles. The van der Waals surface area contributed by atoms with E-state index in [1.54, 1.807) is 19.6 Å². The Balaban J connectivity index is 2.15. The van der Waals surface area contributed by atoms with E-state index in [1.165, 1.54) is 0 Å². The Bertz CT molecular complexity index is 232. The minimum Gasteiger partial charge on any atom is -0.341 e. The molecule has 5 heteroatoms. The van der Waals surface area contributed by atoms with Crippen molar-refractivity contribution < 1.29 is 4.79 Å². The Kier molecular flexibility index (Phi) is 3.13. The fourth-order valence-corrected chi connectivity index (χ4v) is 0.806. The Morgan fingerprint density at radius 3 is 3.08 bits per heavy atom. The number of aromatic nitrogens is 2. The number of nitrogens with zero attached hydrogens (tertiary/aromatic N) is 2. The summed E-state index contributed by atoms with van der Waals surface area (Å²) < 4.78 is 1.90. The molecule has 0 saturated heterocycles. The Morgan fingerprint density at radius 1 is 1.67 bits per heavy atom. The molecule has 0 saturated carbocycles. The summed E-state index contributed by atoms with van der Waals surface area (Å²) in [6, 6.07) is -0.157. The number of hydrogen-bond donors (Lipinski definition) is 2. The van der Waals surface area contributed by atoms with Crippen molar-refractivity contribution in [1.82, 2.24) is 20.2 Å². The third-order valence-corrected chi connectivity index (χ3v) is 1.44. The van der Waals surface area contributed by atoms with Gasteiger partial charge >= 0.3 is 6.03 Å². The highest BCUT2D eigenvalue weighted by atomic mass is 16.2. The first-order chi connectivity index (χ1) is 5.83. The van der Waals surface area contributed by atoms with Crippen molar-refractivity contribution in [3.05, 3.63) is 18.7 Å². The van der Waals surface area contributed by atoms with Crippen LogP contribution in [0, 0.1) is 0 Å². The van der Waals surface area contributed by atoms with Crippen LogP contribution in [0.3, 0.4) is 0 Å². The lowest BCUT2D eigenvalue weighted by molar-refractivity contribution is 0.242. The van der Waals surface area contributed by atoms with Crippen LogP contribution in [0.1, 0.15) is 0 Å². The molecule has 0 fully saturated rings. The van der Waals surface area contributed by atoms with Crippen LogP contribution >= 0.6 is 0 Å². The van der Waals surface area contributed by atoms with Gasteiger partial charge in [-0.05, 0) is 0 Å². The molecular weight excluding hydrogens is 156 g/mol. The molecule has 1 heterocycles. The predicted octanol–water partition coefficient (Wildman–Crippen LogP) is -0.188. The lowest BCUT2D eigenvalue weighted by Gasteiger charge is -2.03. The van der Waals surface area contributed by atoms with E-state index in [2.05, 4.69) is 15.6 Å². The molecule has 0 radical (unpaired) electrons. The summed E-state index contributed by atoms with van der Waals surface area (Å²) in [5.74, 6) is 0. The number of carbonyl (C=O) groups is 1. The normalized spacial score (nSPS) is 9.42. The summed E-state index contributed by atoms with van der Waals surface area (Å²) in [6.07, 6.45) is 5.27. The Labute approximate surface area is 70.8 Å². The van der Waals surface area contributed by atoms with E-state index in [0.29, 0.717) is 6.54 Å². The van der Waals surface area contributed by atoms with E-state index in [-0.39, 0.29) is 6.03 Å². The van der Waals surface area contributed by atoms with Crippen LogP contribution in [-0.2, 0) is 6.54 Å². The summed E-state index contributed by atoms with van der Waals surface area (Å²) in [4.78, 5) is 14.6. The van der Waals surface area contributed by atoms with Gasteiger partial charge in [0.15, 0.2) is 0 Å². The molecule has 1 aromatic heterocycles. The molecule has 12 heavy (non-hydrogen) atoms. The number of carbonyl (C=O) groups excluding carboxylic acids is 1. The smallest absolute Gasteiger partial charge is 0.314 e. The van der Waals surface area contributed by atoms with Gasteiger partial charge < -0.3 is 15.2 Å². The van der Waals surface area contributed by atoms with Crippen LogP contribution in [0.4, 0.5) is 4.79 Å². The van der Waals surface area contributed by atoms with Crippen LogP contribution in [0.5, 0.6) is 0 Å². The zero-order valence-electron chi connectivity index (χ0n) is 6.95. The van der Waals surface area contributed by atoms with Gasteiger partial charge in [-0.1, -0.05) is 0 Å². The van der Waals surface area contributed by atoms with Crippen molar-refractivity contribution >= 4 is 6.03 Å². The number of urea groups is 1. The summed E-state index contributed by atoms with van der Waals surface area (Å²) in [7, 11) is 1.59. The molecule has 0 aliphatic heterocycles. The maximum atomic E-state index is 10.7. The first-order valence-corrected chi connectivity index (χ1v) is 3.74. The fraction of sp³-hybridized carbons (Fsp3) is 0.429. The van der Waals surface area contributed by atoms with Crippen molar-refractivity contribution in [2.45, 2.75) is 6.54 Å². The Hall–Kier alpha value is -1.52. The lowest BCUT2D eigenvalue weighted by Crippen LogP contribution is -2.34. The topological polar surface area (TPSA) is 59.0 Å². The SMILES string of the molecule is CNC(=O)NCCn1ccnc1. The third kappa shape index (κ3) is 2.61. The van der Waals surface area contributed by atoms with E-state index >= 15 is 0 Å². The van der Waals surface area contributed by atoms with Gasteiger partial charge in [0.2, 0.25) is 0 Å². The molecular formula is C7H12N4O. The van der Waals surface area contributed by atoms with Crippen LogP contribution in [0.15, 0.2) is 18.7 Å². The lowest BCUT2D eigenvalue weighted by atomic mass is 10.6. The summed E-state index contributed by atoms with van der Waals surface area (Å²) >= 11 is 0. The molecule has 0 aliphatic rings. The quantitative estimate of drug-likeness (QED) is 0.657. The molecule has 2 amide bonds. The molecule has 5 nitrogen and oxygen atoms in total. The summed E-state index contributed by atoms with van der Waals surface area (Å²) in [6.45, 7) is 1.35. The minimum atomic E-state index is -0.157. The van der Waals surface area contributed by atoms with Gasteiger partial charge in [-0.3, -0.25) is 0 Å². The van der Waals surface area contributed by atoms with Crippen LogP contribution < -0.4 is 10.6 Å². The minimum absolute atomic E-state index is 0.157. The molecule has 2 N–H and O–H groups in total. The average molecular weight is 168 g/mol. The molecule has 1 rings (SSSR count). The molecule has 0 atom stereocenters. The number of imidazole rings is 1. The zero-order valence-corrected chi connectivity index (χ0v) is 6.95. The number of amides is 2. The highest BCUT2D eigenvalue weighted by Crippen LogP contribution is 1.82. The molecule has 0 spiro atoms. The van der Waals surface area contributed by atoms with E-state index in [4.69, 9.17) is 0 Å². The third-order valence-electron chi connectivity index (χ3n) is 1.44. The average Bonchev–Trinajstić information content (AvgIpc) is 2.57. The second-order valence-corrected chi connectivity index (χ2v) is 2.31. The van der Waals surface area contributed by atoms with Crippen molar-refractivity contribution in [2.24, 2.45) is 0 Å². The van der Waals surface area contributed by atoms with Gasteiger partial charge in [0.25, 0.3) is 0 Å². The number of hydrogen-bond acceptors (Lipinski definition) is 2. The Morgan fingerprint density at radius 2 is 2.50 bits per heavy atom. The van der Waals surface area contributed by atoms with Crippen LogP contribution in [0.2, 0.25) is 0 Å². The van der Waals surface area contributed by atoms with Crippen molar-refractivity contribution in [3.8, 4) is 0 Å². The van der Waals surface area contributed by atoms with Gasteiger partial charge in [0.1, 0.15) is 0 Å². The van der Waals surface area contributed by atoms with Gasteiger partial charge in [-0.15, -0.1) is 0 Å². The van der Waals surface area contributed by atoms with Gasteiger partial charge in [0.05, 0.1) is 6.33 Å². The van der Waals surface area contributed by atoms with Crippen molar-refractivity contribution in [2.75, 3.05) is 13.6 Å². The maximum absolute atomic E-state index is 10.7. The van der Waals surface area contributed by atoms with Gasteiger partial charge in [-0.2, -0.15) is 0 Å². The first kappa shape index (κ1) is 8.58. The molecule has 1 aromatic rings. The highest BCUT2D eigenvalue weighted by molar-refractivity contribution is 5.73. The molecule has 66 valence electrons. The van der Waals surface area contributed by atoms with Crippen LogP contribution in [0.25, 0.3) is 0 Å². The number of rotatable bonds is 3. The van der Waals surface area contributed by atoms with Gasteiger partial charge in [0, 0.05) is 32.5 Å². The second kappa shape index (κ2) is 4.38. The monoisotopic (exact) mass is 168 g/mol. The molecule has 0 aliphatic carbocycles. The molecule has 0 bridgehead atoms. The summed E-state index contributed by atoms with van der Waals surface area (Å²) in [5, 5.41) is 5.14. The summed E-state index contributed by atoms with van der Waals surface area (Å²) in [5.41, 5.74) is 0. The zero-order chi connectivity index (χ0) is 8.81. The van der Waals surface area contributed by atoms with Crippen molar-refractivity contribution in [1.29, 1.82) is 0 Å². The predicted molar refractivity (Wildman–Crippen MR) is 44.7 cm³/mol. The number of nitrogens with one attached hydrogen (secondary N) is 2. The first-order valence-electron chi connectivity index (χ1n) is 3.74. The van der Waals surface area contributed by atoms with E-state index in [9.17, 15) is 4.79 Å². The van der Waals surface area contributed by atoms with E-state index in [0.717, 1.165) is 6.54 Å². The second-order valence-electron chi connectivity index (χ2n) is 2.31. The largest absolute Gasteiger partial charge is 0.341 e. The van der Waals surface area contributed by atoms with E-state index < -0.39 is 0 Å². The highest BCUT2D eigenvalue weighted by Gasteiger charge is 1.93. The standard InChI is InChI=1S/C7H12N4O/c1-8-7(12)10-3-5-11-4-2-9-6-11/h2,4,6H,3,5H2,1H3,(H2,8,10,12). The fourth-order valence-electron chi connectivity index (χ4n) is 0.806. The molecule has 0 unspecified atom stereocenters. The maximum Gasteiger partial charge on any atom is 0.314 e. The van der Waals surface area contributed by atoms with Crippen LogP contribution in [-0.4, -0.2) is 29.2 Å². The van der Waals surface area contributed by atoms with E-state index in [1.807, 2.05) is 10.8 Å².